The number of nitrogens with zero attached hydrogens (tertiary/aromatic N) is 3. The van der Waals surface area contributed by atoms with Crippen molar-refractivity contribution in [3.05, 3.63) is 83.0 Å². The highest BCUT2D eigenvalue weighted by molar-refractivity contribution is 5.94. The molecule has 0 radical (unpaired) electrons. The molecule has 29 heavy (non-hydrogen) atoms. The van der Waals surface area contributed by atoms with Gasteiger partial charge in [0, 0.05) is 18.3 Å². The average molecular weight is 386 g/mol. The van der Waals surface area contributed by atoms with Gasteiger partial charge in [-0.3, -0.25) is 9.20 Å². The van der Waals surface area contributed by atoms with Crippen molar-refractivity contribution in [1.82, 2.24) is 19.9 Å². The first-order valence-corrected chi connectivity index (χ1v) is 9.39. The Hall–Kier alpha value is -3.67. The van der Waals surface area contributed by atoms with Crippen molar-refractivity contribution in [2.75, 3.05) is 7.11 Å². The molecular weight excluding hydrogens is 364 g/mol. The van der Waals surface area contributed by atoms with Crippen LogP contribution in [0.15, 0.2) is 60.8 Å². The van der Waals surface area contributed by atoms with Crippen molar-refractivity contribution in [2.45, 2.75) is 20.4 Å². The molecule has 6 nitrogen and oxygen atoms in total. The number of hydrogen-bond acceptors (Lipinski definition) is 4. The third kappa shape index (κ3) is 3.69. The van der Waals surface area contributed by atoms with Crippen LogP contribution in [0.25, 0.3) is 17.0 Å². The minimum atomic E-state index is -0.157. The Morgan fingerprint density at radius 1 is 1.03 bits per heavy atom. The molecule has 0 aliphatic heterocycles. The molecule has 2 aromatic heterocycles. The van der Waals surface area contributed by atoms with Gasteiger partial charge in [0.25, 0.3) is 5.91 Å². The summed E-state index contributed by atoms with van der Waals surface area (Å²) in [5.74, 6) is 1.34. The number of carbonyl (C=O) groups excluding carboxylic acids is 1. The van der Waals surface area contributed by atoms with Crippen molar-refractivity contribution in [3.63, 3.8) is 0 Å². The number of hydrogen-bond donors (Lipinski definition) is 1. The molecule has 6 heteroatoms. The summed E-state index contributed by atoms with van der Waals surface area (Å²) in [4.78, 5) is 12.7. The van der Waals surface area contributed by atoms with Crippen molar-refractivity contribution >= 4 is 11.6 Å². The van der Waals surface area contributed by atoms with E-state index in [-0.39, 0.29) is 5.91 Å². The lowest BCUT2D eigenvalue weighted by Crippen LogP contribution is -2.23. The Morgan fingerprint density at radius 3 is 2.55 bits per heavy atom. The summed E-state index contributed by atoms with van der Waals surface area (Å²) in [5, 5.41) is 11.6. The zero-order valence-corrected chi connectivity index (χ0v) is 16.6. The molecule has 4 rings (SSSR count). The molecule has 0 fully saturated rings. The van der Waals surface area contributed by atoms with Crippen molar-refractivity contribution < 1.29 is 9.53 Å². The van der Waals surface area contributed by atoms with Crippen LogP contribution in [-0.4, -0.2) is 27.6 Å². The molecule has 2 aromatic carbocycles. The van der Waals surface area contributed by atoms with E-state index in [4.69, 9.17) is 4.74 Å². The predicted octanol–water partition coefficient (Wildman–Crippen LogP) is 3.95. The molecule has 1 N–H and O–H groups in total. The topological polar surface area (TPSA) is 68.5 Å². The molecule has 0 saturated carbocycles. The third-order valence-electron chi connectivity index (χ3n) is 4.96. The first-order chi connectivity index (χ1) is 14.1. The number of methoxy groups -OCH3 is 1. The fourth-order valence-electron chi connectivity index (χ4n) is 3.43. The molecular formula is C23H22N4O2. The van der Waals surface area contributed by atoms with E-state index >= 15 is 0 Å². The number of benzene rings is 2. The number of carbonyl (C=O) groups is 1. The van der Waals surface area contributed by atoms with E-state index in [9.17, 15) is 4.79 Å². The fraction of sp³-hybridized carbons (Fsp3) is 0.174. The largest absolute Gasteiger partial charge is 0.497 e. The predicted molar refractivity (Wildman–Crippen MR) is 112 cm³/mol. The van der Waals surface area contributed by atoms with E-state index in [0.29, 0.717) is 17.8 Å². The van der Waals surface area contributed by atoms with Gasteiger partial charge in [0.1, 0.15) is 5.75 Å². The molecule has 1 amide bonds. The number of amides is 1. The van der Waals surface area contributed by atoms with Gasteiger partial charge in [0.2, 0.25) is 0 Å². The van der Waals surface area contributed by atoms with Crippen molar-refractivity contribution in [3.8, 4) is 17.1 Å². The Balaban J connectivity index is 1.62. The fourth-order valence-corrected chi connectivity index (χ4v) is 3.43. The monoisotopic (exact) mass is 386 g/mol. The normalized spacial score (nSPS) is 10.9. The van der Waals surface area contributed by atoms with Crippen LogP contribution < -0.4 is 10.1 Å². The van der Waals surface area contributed by atoms with Crippen LogP contribution in [0.4, 0.5) is 0 Å². The summed E-state index contributed by atoms with van der Waals surface area (Å²) in [7, 11) is 1.62. The second-order valence-electron chi connectivity index (χ2n) is 6.97. The van der Waals surface area contributed by atoms with E-state index in [1.807, 2.05) is 66.8 Å². The number of ether oxygens (including phenoxy) is 1. The van der Waals surface area contributed by atoms with Crippen molar-refractivity contribution in [2.24, 2.45) is 0 Å². The van der Waals surface area contributed by atoms with Gasteiger partial charge < -0.3 is 10.1 Å². The van der Waals surface area contributed by atoms with Gasteiger partial charge in [-0.2, -0.15) is 0 Å². The summed E-state index contributed by atoms with van der Waals surface area (Å²) in [5.41, 5.74) is 5.49. The molecule has 2 heterocycles. The summed E-state index contributed by atoms with van der Waals surface area (Å²) in [6.07, 6.45) is 1.79. The van der Waals surface area contributed by atoms with Crippen LogP contribution >= 0.6 is 0 Å². The zero-order chi connectivity index (χ0) is 20.4. The number of rotatable bonds is 5. The SMILES string of the molecule is COc1cccc(CNC(=O)c2ccc3nnc(-c4c(C)cccc4C)n3c2)c1. The highest BCUT2D eigenvalue weighted by Gasteiger charge is 2.15. The van der Waals surface area contributed by atoms with Crippen LogP contribution in [0.2, 0.25) is 0 Å². The number of aryl methyl sites for hydroxylation is 2. The highest BCUT2D eigenvalue weighted by atomic mass is 16.5. The molecule has 0 atom stereocenters. The van der Waals surface area contributed by atoms with Gasteiger partial charge in [-0.25, -0.2) is 0 Å². The highest BCUT2D eigenvalue weighted by Crippen LogP contribution is 2.26. The zero-order valence-electron chi connectivity index (χ0n) is 16.6. The van der Waals surface area contributed by atoms with Crippen LogP contribution in [0.3, 0.4) is 0 Å². The smallest absolute Gasteiger partial charge is 0.253 e. The molecule has 0 saturated heterocycles. The molecule has 0 aliphatic rings. The number of nitrogens with one attached hydrogen (secondary N) is 1. The van der Waals surface area contributed by atoms with Gasteiger partial charge in [-0.15, -0.1) is 10.2 Å². The molecule has 0 spiro atoms. The standard InChI is InChI=1S/C23H22N4O2/c1-15-6-4-7-16(2)21(15)22-26-25-20-11-10-18(14-27(20)22)23(28)24-13-17-8-5-9-19(12-17)29-3/h4-12,14H,13H2,1-3H3,(H,24,28). The van der Waals surface area contributed by atoms with E-state index in [2.05, 4.69) is 15.5 Å². The molecule has 146 valence electrons. The Kier molecular flexibility index (Phi) is 4.99. The second kappa shape index (κ2) is 7.75. The summed E-state index contributed by atoms with van der Waals surface area (Å²) >= 11 is 0. The van der Waals surface area contributed by atoms with Crippen LogP contribution in [0, 0.1) is 13.8 Å². The maximum Gasteiger partial charge on any atom is 0.253 e. The van der Waals surface area contributed by atoms with Gasteiger partial charge in [-0.05, 0) is 54.8 Å². The lowest BCUT2D eigenvalue weighted by atomic mass is 10.0. The van der Waals surface area contributed by atoms with Crippen LogP contribution in [0.5, 0.6) is 5.75 Å². The van der Waals surface area contributed by atoms with Gasteiger partial charge in [-0.1, -0.05) is 30.3 Å². The Labute approximate surface area is 169 Å². The average Bonchev–Trinajstić information content (AvgIpc) is 3.15. The number of aromatic nitrogens is 3. The van der Waals surface area contributed by atoms with E-state index in [1.165, 1.54) is 0 Å². The van der Waals surface area contributed by atoms with E-state index in [1.54, 1.807) is 19.4 Å². The first-order valence-electron chi connectivity index (χ1n) is 9.39. The molecule has 0 unspecified atom stereocenters. The third-order valence-corrected chi connectivity index (χ3v) is 4.96. The van der Waals surface area contributed by atoms with Gasteiger partial charge in [0.15, 0.2) is 11.5 Å². The summed E-state index contributed by atoms with van der Waals surface area (Å²) in [6.45, 7) is 4.52. The number of pyridine rings is 1. The minimum Gasteiger partial charge on any atom is -0.497 e. The lowest BCUT2D eigenvalue weighted by Gasteiger charge is -2.10. The Bertz CT molecular complexity index is 1180. The molecule has 0 aliphatic carbocycles. The maximum absolute atomic E-state index is 12.7. The summed E-state index contributed by atoms with van der Waals surface area (Å²) in [6, 6.07) is 17.3. The van der Waals surface area contributed by atoms with E-state index < -0.39 is 0 Å². The molecule has 4 aromatic rings. The van der Waals surface area contributed by atoms with Gasteiger partial charge in [0.05, 0.1) is 12.7 Å². The second-order valence-corrected chi connectivity index (χ2v) is 6.97. The van der Waals surface area contributed by atoms with Crippen molar-refractivity contribution in [1.29, 1.82) is 0 Å². The van der Waals surface area contributed by atoms with Gasteiger partial charge >= 0.3 is 0 Å². The molecule has 0 bridgehead atoms. The summed E-state index contributed by atoms with van der Waals surface area (Å²) < 4.78 is 7.10. The lowest BCUT2D eigenvalue weighted by molar-refractivity contribution is 0.0950. The maximum atomic E-state index is 12.7. The van der Waals surface area contributed by atoms with Crippen LogP contribution in [0.1, 0.15) is 27.0 Å². The first kappa shape index (κ1) is 18.7. The minimum absolute atomic E-state index is 0.157. The number of fused-ring (bicyclic) bond motifs is 1. The Morgan fingerprint density at radius 2 is 1.79 bits per heavy atom. The van der Waals surface area contributed by atoms with Crippen LogP contribution in [-0.2, 0) is 6.54 Å². The van der Waals surface area contributed by atoms with E-state index in [0.717, 1.165) is 33.8 Å². The quantitative estimate of drug-likeness (QED) is 0.564.